The summed E-state index contributed by atoms with van der Waals surface area (Å²) in [6, 6.07) is 0.470. The van der Waals surface area contributed by atoms with Crippen LogP contribution in [0.3, 0.4) is 0 Å². The fourth-order valence-corrected chi connectivity index (χ4v) is 2.95. The molecule has 0 bridgehead atoms. The van der Waals surface area contributed by atoms with Crippen LogP contribution in [0.15, 0.2) is 0 Å². The van der Waals surface area contributed by atoms with Gasteiger partial charge < -0.3 is 11.1 Å². The summed E-state index contributed by atoms with van der Waals surface area (Å²) >= 11 is 0. The highest BCUT2D eigenvalue weighted by Gasteiger charge is 2.18. The van der Waals surface area contributed by atoms with Gasteiger partial charge in [-0.2, -0.15) is 0 Å². The van der Waals surface area contributed by atoms with Gasteiger partial charge in [0.25, 0.3) is 0 Å². The van der Waals surface area contributed by atoms with Crippen LogP contribution in [0, 0.1) is 11.8 Å². The Hall–Kier alpha value is -0.0800. The summed E-state index contributed by atoms with van der Waals surface area (Å²) < 4.78 is 0. The van der Waals surface area contributed by atoms with Crippen molar-refractivity contribution < 1.29 is 0 Å². The van der Waals surface area contributed by atoms with Gasteiger partial charge >= 0.3 is 0 Å². The van der Waals surface area contributed by atoms with Crippen LogP contribution in [-0.2, 0) is 0 Å². The number of hydrogen-bond donors (Lipinski definition) is 2. The van der Waals surface area contributed by atoms with Crippen LogP contribution in [0.5, 0.6) is 0 Å². The van der Waals surface area contributed by atoms with E-state index in [0.29, 0.717) is 6.04 Å². The van der Waals surface area contributed by atoms with E-state index in [1.165, 1.54) is 64.5 Å². The average Bonchev–Trinajstić information content (AvgIpc) is 2.33. The van der Waals surface area contributed by atoms with Crippen molar-refractivity contribution in [3.63, 3.8) is 0 Å². The van der Waals surface area contributed by atoms with Crippen molar-refractivity contribution in [3.05, 3.63) is 0 Å². The van der Waals surface area contributed by atoms with Gasteiger partial charge in [-0.15, -0.1) is 0 Å². The number of unbranched alkanes of at least 4 members (excludes halogenated alkanes) is 1. The lowest BCUT2D eigenvalue weighted by atomic mass is 9.86. The molecule has 3 unspecified atom stereocenters. The number of hydrogen-bond acceptors (Lipinski definition) is 2. The Morgan fingerprint density at radius 3 is 2.76 bits per heavy atom. The van der Waals surface area contributed by atoms with E-state index >= 15 is 0 Å². The summed E-state index contributed by atoms with van der Waals surface area (Å²) in [5.74, 6) is 1.72. The van der Waals surface area contributed by atoms with Crippen molar-refractivity contribution >= 4 is 0 Å². The Labute approximate surface area is 108 Å². The smallest absolute Gasteiger partial charge is 0.00419 e. The highest BCUT2D eigenvalue weighted by Crippen LogP contribution is 2.22. The summed E-state index contributed by atoms with van der Waals surface area (Å²) in [5.41, 5.74) is 6.02. The number of nitrogens with one attached hydrogen (secondary N) is 1. The molecule has 1 aliphatic carbocycles. The second-order valence-corrected chi connectivity index (χ2v) is 5.87. The maximum absolute atomic E-state index is 6.02. The lowest BCUT2D eigenvalue weighted by molar-refractivity contribution is 0.300. The van der Waals surface area contributed by atoms with Crippen molar-refractivity contribution in [1.29, 1.82) is 0 Å². The largest absolute Gasteiger partial charge is 0.328 e. The predicted molar refractivity (Wildman–Crippen MR) is 76.1 cm³/mol. The molecule has 0 aromatic carbocycles. The van der Waals surface area contributed by atoms with Gasteiger partial charge in [0, 0.05) is 6.04 Å². The standard InChI is InChI=1S/C15H32N2/c1-3-5-7-13(4-2)11-17-12-14-8-6-9-15(16)10-14/h13-15,17H,3-12,16H2,1-2H3. The lowest BCUT2D eigenvalue weighted by Gasteiger charge is -2.27. The van der Waals surface area contributed by atoms with Crippen LogP contribution >= 0.6 is 0 Å². The molecule has 1 aliphatic rings. The molecule has 1 rings (SSSR count). The zero-order chi connectivity index (χ0) is 12.5. The van der Waals surface area contributed by atoms with E-state index in [1.54, 1.807) is 0 Å². The SMILES string of the molecule is CCCCC(CC)CNCC1CCCC(N)C1. The molecule has 0 aromatic rings. The molecule has 0 spiro atoms. The van der Waals surface area contributed by atoms with E-state index in [1.807, 2.05) is 0 Å². The van der Waals surface area contributed by atoms with Crippen LogP contribution in [0.4, 0.5) is 0 Å². The minimum atomic E-state index is 0.470. The Balaban J connectivity index is 2.08. The molecule has 0 saturated heterocycles. The van der Waals surface area contributed by atoms with Crippen LogP contribution in [0.2, 0.25) is 0 Å². The lowest BCUT2D eigenvalue weighted by Crippen LogP contribution is -2.34. The first kappa shape index (κ1) is 15.0. The molecule has 1 saturated carbocycles. The minimum absolute atomic E-state index is 0.470. The maximum Gasteiger partial charge on any atom is 0.00419 e. The Morgan fingerprint density at radius 1 is 1.29 bits per heavy atom. The third kappa shape index (κ3) is 6.42. The van der Waals surface area contributed by atoms with Gasteiger partial charge in [0.15, 0.2) is 0 Å². The quantitative estimate of drug-likeness (QED) is 0.683. The molecule has 0 heterocycles. The summed E-state index contributed by atoms with van der Waals surface area (Å²) in [7, 11) is 0. The molecule has 0 aliphatic heterocycles. The van der Waals surface area contributed by atoms with Crippen molar-refractivity contribution in [1.82, 2.24) is 5.32 Å². The second kappa shape index (κ2) is 8.93. The molecule has 1 fully saturated rings. The van der Waals surface area contributed by atoms with Gasteiger partial charge in [-0.25, -0.2) is 0 Å². The fourth-order valence-electron chi connectivity index (χ4n) is 2.95. The fraction of sp³-hybridized carbons (Fsp3) is 1.00. The normalized spacial score (nSPS) is 27.0. The minimum Gasteiger partial charge on any atom is -0.328 e. The van der Waals surface area contributed by atoms with E-state index in [9.17, 15) is 0 Å². The molecule has 102 valence electrons. The van der Waals surface area contributed by atoms with Crippen LogP contribution in [0.1, 0.15) is 65.2 Å². The molecule has 3 N–H and O–H groups in total. The van der Waals surface area contributed by atoms with Gasteiger partial charge in [-0.05, 0) is 50.6 Å². The van der Waals surface area contributed by atoms with Gasteiger partial charge in [-0.3, -0.25) is 0 Å². The summed E-state index contributed by atoms with van der Waals surface area (Å²) in [5, 5.41) is 3.68. The Bertz CT molecular complexity index is 182. The van der Waals surface area contributed by atoms with Gasteiger partial charge in [0.2, 0.25) is 0 Å². The molecule has 3 atom stereocenters. The zero-order valence-corrected chi connectivity index (χ0v) is 11.9. The van der Waals surface area contributed by atoms with Crippen molar-refractivity contribution in [2.24, 2.45) is 17.6 Å². The first-order valence-electron chi connectivity index (χ1n) is 7.72. The number of nitrogens with two attached hydrogens (primary N) is 1. The monoisotopic (exact) mass is 240 g/mol. The third-order valence-electron chi connectivity index (χ3n) is 4.23. The van der Waals surface area contributed by atoms with Crippen molar-refractivity contribution in [2.45, 2.75) is 71.3 Å². The maximum atomic E-state index is 6.02. The highest BCUT2D eigenvalue weighted by atomic mass is 14.9. The summed E-state index contributed by atoms with van der Waals surface area (Å²) in [4.78, 5) is 0. The summed E-state index contributed by atoms with van der Waals surface area (Å²) in [6.45, 7) is 7.00. The third-order valence-corrected chi connectivity index (χ3v) is 4.23. The molecule has 0 amide bonds. The van der Waals surface area contributed by atoms with E-state index in [4.69, 9.17) is 5.73 Å². The highest BCUT2D eigenvalue weighted by molar-refractivity contribution is 4.76. The van der Waals surface area contributed by atoms with Crippen LogP contribution in [-0.4, -0.2) is 19.1 Å². The average molecular weight is 240 g/mol. The molecule has 17 heavy (non-hydrogen) atoms. The number of rotatable bonds is 8. The topological polar surface area (TPSA) is 38.0 Å². The predicted octanol–water partition coefficient (Wildman–Crippen LogP) is 3.31. The van der Waals surface area contributed by atoms with Gasteiger partial charge in [0.1, 0.15) is 0 Å². The molecular weight excluding hydrogens is 208 g/mol. The van der Waals surface area contributed by atoms with Crippen LogP contribution in [0.25, 0.3) is 0 Å². The van der Waals surface area contributed by atoms with Crippen molar-refractivity contribution in [3.8, 4) is 0 Å². The van der Waals surface area contributed by atoms with E-state index in [-0.39, 0.29) is 0 Å². The van der Waals surface area contributed by atoms with E-state index < -0.39 is 0 Å². The first-order chi connectivity index (χ1) is 8.26. The van der Waals surface area contributed by atoms with Crippen molar-refractivity contribution in [2.75, 3.05) is 13.1 Å². The van der Waals surface area contributed by atoms with Gasteiger partial charge in [0.05, 0.1) is 0 Å². The van der Waals surface area contributed by atoms with Crippen LogP contribution < -0.4 is 11.1 Å². The van der Waals surface area contributed by atoms with E-state index in [0.717, 1.165) is 11.8 Å². The summed E-state index contributed by atoms with van der Waals surface area (Å²) in [6.07, 6.45) is 10.6. The zero-order valence-electron chi connectivity index (χ0n) is 11.9. The molecular formula is C15H32N2. The molecule has 2 heteroatoms. The first-order valence-corrected chi connectivity index (χ1v) is 7.72. The molecule has 0 radical (unpaired) electrons. The van der Waals surface area contributed by atoms with E-state index in [2.05, 4.69) is 19.2 Å². The molecule has 0 aromatic heterocycles. The Morgan fingerprint density at radius 2 is 2.12 bits per heavy atom. The van der Waals surface area contributed by atoms with Gasteiger partial charge in [-0.1, -0.05) is 39.5 Å². The molecule has 2 nitrogen and oxygen atoms in total. The second-order valence-electron chi connectivity index (χ2n) is 5.87. The Kier molecular flexibility index (Phi) is 7.87.